The predicted molar refractivity (Wildman–Crippen MR) is 66.4 cm³/mol. The van der Waals surface area contributed by atoms with E-state index in [-0.39, 0.29) is 0 Å². The van der Waals surface area contributed by atoms with Gasteiger partial charge in [-0.1, -0.05) is 5.16 Å². The van der Waals surface area contributed by atoms with E-state index in [1.807, 2.05) is 0 Å². The molecule has 0 fully saturated rings. The van der Waals surface area contributed by atoms with Crippen molar-refractivity contribution in [3.05, 3.63) is 29.9 Å². The number of rotatable bonds is 5. The Bertz CT molecular complexity index is 542. The van der Waals surface area contributed by atoms with Crippen molar-refractivity contribution in [2.24, 2.45) is 5.73 Å². The van der Waals surface area contributed by atoms with Gasteiger partial charge in [0.2, 0.25) is 6.39 Å². The van der Waals surface area contributed by atoms with Gasteiger partial charge in [-0.2, -0.15) is 4.98 Å². The topological polar surface area (TPSA) is 92.6 Å². The fraction of sp³-hybridized carbons (Fsp3) is 0.333. The van der Waals surface area contributed by atoms with E-state index in [4.69, 9.17) is 24.5 Å². The number of ether oxygens (including phenoxy) is 3. The smallest absolute Gasteiger partial charge is 0.213 e. The highest BCUT2D eigenvalue weighted by Gasteiger charge is 2.21. The van der Waals surface area contributed by atoms with Crippen molar-refractivity contribution in [3.63, 3.8) is 0 Å². The molecule has 19 heavy (non-hydrogen) atoms. The number of nitrogens with two attached hydrogens (primary N) is 1. The molecule has 7 nitrogen and oxygen atoms in total. The lowest BCUT2D eigenvalue weighted by molar-refractivity contribution is 0.346. The summed E-state index contributed by atoms with van der Waals surface area (Å²) in [5, 5.41) is 3.73. The molecule has 1 aromatic heterocycles. The first-order chi connectivity index (χ1) is 9.21. The van der Waals surface area contributed by atoms with Crippen LogP contribution in [-0.4, -0.2) is 31.5 Å². The summed E-state index contributed by atoms with van der Waals surface area (Å²) in [6.45, 7) is 0. The molecule has 0 aliphatic rings. The SMILES string of the molecule is COc1cc(OC)c(C(N)c2ncon2)cc1OC. The normalized spacial score (nSPS) is 12.0. The average Bonchev–Trinajstić information content (AvgIpc) is 2.99. The van der Waals surface area contributed by atoms with Crippen LogP contribution in [0.2, 0.25) is 0 Å². The quantitative estimate of drug-likeness (QED) is 0.866. The molecule has 0 radical (unpaired) electrons. The number of methoxy groups -OCH3 is 3. The molecule has 0 spiro atoms. The highest BCUT2D eigenvalue weighted by molar-refractivity contribution is 5.52. The maximum absolute atomic E-state index is 6.09. The Morgan fingerprint density at radius 2 is 1.68 bits per heavy atom. The zero-order chi connectivity index (χ0) is 13.8. The van der Waals surface area contributed by atoms with E-state index in [1.54, 1.807) is 33.5 Å². The van der Waals surface area contributed by atoms with Gasteiger partial charge in [0.05, 0.1) is 27.4 Å². The van der Waals surface area contributed by atoms with Crippen LogP contribution in [0.4, 0.5) is 0 Å². The van der Waals surface area contributed by atoms with Crippen molar-refractivity contribution in [1.82, 2.24) is 10.1 Å². The Hall–Kier alpha value is -2.28. The van der Waals surface area contributed by atoms with E-state index >= 15 is 0 Å². The third-order valence-corrected chi connectivity index (χ3v) is 2.73. The summed E-state index contributed by atoms with van der Waals surface area (Å²) in [5.74, 6) is 2.04. The maximum Gasteiger partial charge on any atom is 0.213 e. The minimum atomic E-state index is -0.575. The maximum atomic E-state index is 6.09. The van der Waals surface area contributed by atoms with E-state index < -0.39 is 6.04 Å². The molecule has 1 unspecified atom stereocenters. The number of hydrogen-bond donors (Lipinski definition) is 1. The first kappa shape index (κ1) is 13.2. The van der Waals surface area contributed by atoms with Gasteiger partial charge in [0, 0.05) is 11.6 Å². The second-order valence-corrected chi connectivity index (χ2v) is 3.72. The summed E-state index contributed by atoms with van der Waals surface area (Å²) < 4.78 is 20.5. The lowest BCUT2D eigenvalue weighted by Gasteiger charge is -2.16. The van der Waals surface area contributed by atoms with Crippen molar-refractivity contribution in [2.45, 2.75) is 6.04 Å². The van der Waals surface area contributed by atoms with Crippen LogP contribution < -0.4 is 19.9 Å². The van der Waals surface area contributed by atoms with Crippen LogP contribution in [0.1, 0.15) is 17.4 Å². The van der Waals surface area contributed by atoms with Crippen LogP contribution in [0.15, 0.2) is 23.0 Å². The summed E-state index contributed by atoms with van der Waals surface area (Å²) >= 11 is 0. The summed E-state index contributed by atoms with van der Waals surface area (Å²) in [5.41, 5.74) is 6.77. The van der Waals surface area contributed by atoms with Crippen molar-refractivity contribution in [1.29, 1.82) is 0 Å². The van der Waals surface area contributed by atoms with E-state index in [9.17, 15) is 0 Å². The Morgan fingerprint density at radius 3 is 2.21 bits per heavy atom. The lowest BCUT2D eigenvalue weighted by Crippen LogP contribution is -2.15. The molecule has 0 aliphatic heterocycles. The van der Waals surface area contributed by atoms with Crippen LogP contribution in [0.25, 0.3) is 0 Å². The molecule has 2 aromatic rings. The molecule has 0 saturated heterocycles. The minimum Gasteiger partial charge on any atom is -0.496 e. The summed E-state index contributed by atoms with van der Waals surface area (Å²) in [6, 6.07) is 2.86. The Balaban J connectivity index is 2.49. The first-order valence-corrected chi connectivity index (χ1v) is 5.53. The molecule has 2 N–H and O–H groups in total. The average molecular weight is 265 g/mol. The molecule has 2 rings (SSSR count). The second kappa shape index (κ2) is 5.57. The molecule has 102 valence electrons. The van der Waals surface area contributed by atoms with Crippen LogP contribution in [0.3, 0.4) is 0 Å². The third kappa shape index (κ3) is 2.45. The van der Waals surface area contributed by atoms with Gasteiger partial charge in [0.25, 0.3) is 0 Å². The van der Waals surface area contributed by atoms with Crippen molar-refractivity contribution in [2.75, 3.05) is 21.3 Å². The Kier molecular flexibility index (Phi) is 3.86. The third-order valence-electron chi connectivity index (χ3n) is 2.73. The van der Waals surface area contributed by atoms with Crippen molar-refractivity contribution in [3.8, 4) is 17.2 Å². The Labute approximate surface area is 110 Å². The van der Waals surface area contributed by atoms with Gasteiger partial charge >= 0.3 is 0 Å². The van der Waals surface area contributed by atoms with Gasteiger partial charge in [0.1, 0.15) is 5.75 Å². The highest BCUT2D eigenvalue weighted by atomic mass is 16.5. The number of benzene rings is 1. The van der Waals surface area contributed by atoms with Gasteiger partial charge in [-0.25, -0.2) is 0 Å². The standard InChI is InChI=1S/C12H15N3O4/c1-16-8-5-10(18-3)9(17-2)4-7(8)11(13)12-14-6-19-15-12/h4-6,11H,13H2,1-3H3. The summed E-state index contributed by atoms with van der Waals surface area (Å²) in [4.78, 5) is 3.94. The van der Waals surface area contributed by atoms with Gasteiger partial charge in [0.15, 0.2) is 17.3 Å². The van der Waals surface area contributed by atoms with Crippen molar-refractivity contribution < 1.29 is 18.7 Å². The monoisotopic (exact) mass is 265 g/mol. The first-order valence-electron chi connectivity index (χ1n) is 5.53. The van der Waals surface area contributed by atoms with Gasteiger partial charge in [-0.3, -0.25) is 0 Å². The van der Waals surface area contributed by atoms with Crippen LogP contribution >= 0.6 is 0 Å². The molecule has 1 atom stereocenters. The fourth-order valence-corrected chi connectivity index (χ4v) is 1.75. The lowest BCUT2D eigenvalue weighted by atomic mass is 10.0. The van der Waals surface area contributed by atoms with Crippen LogP contribution in [0, 0.1) is 0 Å². The molecule has 0 amide bonds. The zero-order valence-electron chi connectivity index (χ0n) is 10.9. The highest BCUT2D eigenvalue weighted by Crippen LogP contribution is 2.37. The Morgan fingerprint density at radius 1 is 1.05 bits per heavy atom. The van der Waals surface area contributed by atoms with E-state index in [2.05, 4.69) is 10.1 Å². The molecule has 0 bridgehead atoms. The van der Waals surface area contributed by atoms with E-state index in [0.717, 1.165) is 0 Å². The van der Waals surface area contributed by atoms with Crippen LogP contribution in [0.5, 0.6) is 17.2 Å². The molecule has 1 aromatic carbocycles. The molecular weight excluding hydrogens is 250 g/mol. The summed E-state index contributed by atoms with van der Waals surface area (Å²) in [7, 11) is 4.65. The predicted octanol–water partition coefficient (Wildman–Crippen LogP) is 1.14. The number of aromatic nitrogens is 2. The molecule has 0 aliphatic carbocycles. The zero-order valence-corrected chi connectivity index (χ0v) is 10.9. The summed E-state index contributed by atoms with van der Waals surface area (Å²) in [6.07, 6.45) is 1.22. The van der Waals surface area contributed by atoms with Gasteiger partial charge in [-0.05, 0) is 6.07 Å². The molecule has 1 heterocycles. The second-order valence-electron chi connectivity index (χ2n) is 3.72. The van der Waals surface area contributed by atoms with Gasteiger partial charge < -0.3 is 24.5 Å². The van der Waals surface area contributed by atoms with Crippen molar-refractivity contribution >= 4 is 0 Å². The molecule has 7 heteroatoms. The molecule has 0 saturated carbocycles. The minimum absolute atomic E-state index is 0.366. The van der Waals surface area contributed by atoms with Crippen LogP contribution in [-0.2, 0) is 0 Å². The largest absolute Gasteiger partial charge is 0.496 e. The fourth-order valence-electron chi connectivity index (χ4n) is 1.75. The van der Waals surface area contributed by atoms with E-state index in [0.29, 0.717) is 28.6 Å². The number of hydrogen-bond acceptors (Lipinski definition) is 7. The molecular formula is C12H15N3O4. The van der Waals surface area contributed by atoms with E-state index in [1.165, 1.54) is 6.39 Å². The van der Waals surface area contributed by atoms with Gasteiger partial charge in [-0.15, -0.1) is 0 Å². The number of nitrogens with zero attached hydrogens (tertiary/aromatic N) is 2.